The number of rotatable bonds is 2. The minimum Gasteiger partial charge on any atom is -0.386 e. The number of hydrogen-bond acceptors (Lipinski definition) is 2. The summed E-state index contributed by atoms with van der Waals surface area (Å²) < 4.78 is 1.80. The number of aromatic nitrogens is 2. The first kappa shape index (κ1) is 7.75. The SMILES string of the molecule is Cn1cncc1C(O)CBr. The Labute approximate surface area is 67.8 Å². The molecule has 0 aromatic carbocycles. The normalized spacial score (nSPS) is 13.5. The van der Waals surface area contributed by atoms with Crippen LogP contribution in [0.2, 0.25) is 0 Å². The molecule has 0 radical (unpaired) electrons. The van der Waals surface area contributed by atoms with Gasteiger partial charge in [-0.25, -0.2) is 4.98 Å². The molecule has 3 nitrogen and oxygen atoms in total. The van der Waals surface area contributed by atoms with Crippen molar-refractivity contribution in [2.24, 2.45) is 7.05 Å². The Bertz CT molecular complexity index is 211. The highest BCUT2D eigenvalue weighted by molar-refractivity contribution is 9.09. The van der Waals surface area contributed by atoms with Crippen molar-refractivity contribution in [1.82, 2.24) is 9.55 Å². The summed E-state index contributed by atoms with van der Waals surface area (Å²) in [5.41, 5.74) is 0.830. The maximum atomic E-state index is 9.29. The summed E-state index contributed by atoms with van der Waals surface area (Å²) in [5, 5.41) is 9.84. The van der Waals surface area contributed by atoms with Crippen LogP contribution in [-0.2, 0) is 7.05 Å². The molecule has 4 heteroatoms. The summed E-state index contributed by atoms with van der Waals surface area (Å²) in [6.07, 6.45) is 2.88. The van der Waals surface area contributed by atoms with Crippen LogP contribution in [0.3, 0.4) is 0 Å². The van der Waals surface area contributed by atoms with E-state index in [0.717, 1.165) is 5.69 Å². The van der Waals surface area contributed by atoms with Crippen LogP contribution in [0.5, 0.6) is 0 Å². The summed E-state index contributed by atoms with van der Waals surface area (Å²) >= 11 is 3.18. The lowest BCUT2D eigenvalue weighted by Crippen LogP contribution is -2.03. The van der Waals surface area contributed by atoms with E-state index in [1.165, 1.54) is 0 Å². The minimum absolute atomic E-state index is 0.451. The molecule has 10 heavy (non-hydrogen) atoms. The largest absolute Gasteiger partial charge is 0.386 e. The lowest BCUT2D eigenvalue weighted by atomic mass is 10.3. The fourth-order valence-corrected chi connectivity index (χ4v) is 1.10. The van der Waals surface area contributed by atoms with Crippen LogP contribution in [-0.4, -0.2) is 20.0 Å². The van der Waals surface area contributed by atoms with Crippen LogP contribution in [0.4, 0.5) is 0 Å². The van der Waals surface area contributed by atoms with Gasteiger partial charge in [0.2, 0.25) is 0 Å². The van der Waals surface area contributed by atoms with Crippen molar-refractivity contribution in [3.63, 3.8) is 0 Å². The first-order chi connectivity index (χ1) is 4.75. The Balaban J connectivity index is 2.82. The molecule has 1 unspecified atom stereocenters. The lowest BCUT2D eigenvalue weighted by molar-refractivity contribution is 0.196. The Hall–Kier alpha value is -0.350. The highest BCUT2D eigenvalue weighted by Crippen LogP contribution is 2.12. The fraction of sp³-hybridized carbons (Fsp3) is 0.500. The number of imidazole rings is 1. The maximum Gasteiger partial charge on any atom is 0.105 e. The van der Waals surface area contributed by atoms with E-state index in [1.54, 1.807) is 17.1 Å². The van der Waals surface area contributed by atoms with Gasteiger partial charge < -0.3 is 9.67 Å². The van der Waals surface area contributed by atoms with Crippen LogP contribution < -0.4 is 0 Å². The zero-order chi connectivity index (χ0) is 7.56. The second kappa shape index (κ2) is 3.16. The van der Waals surface area contributed by atoms with Gasteiger partial charge in [-0.3, -0.25) is 0 Å². The molecule has 0 bridgehead atoms. The monoisotopic (exact) mass is 204 g/mol. The van der Waals surface area contributed by atoms with Crippen molar-refractivity contribution in [1.29, 1.82) is 0 Å². The Morgan fingerprint density at radius 2 is 2.60 bits per heavy atom. The van der Waals surface area contributed by atoms with Gasteiger partial charge in [0.05, 0.1) is 18.2 Å². The quantitative estimate of drug-likeness (QED) is 0.726. The van der Waals surface area contributed by atoms with Crippen LogP contribution in [0, 0.1) is 0 Å². The molecule has 0 aliphatic heterocycles. The summed E-state index contributed by atoms with van der Waals surface area (Å²) in [4.78, 5) is 3.87. The van der Waals surface area contributed by atoms with Crippen LogP contribution in [0.1, 0.15) is 11.8 Å². The third-order valence-corrected chi connectivity index (χ3v) is 1.95. The molecule has 0 spiro atoms. The summed E-state index contributed by atoms with van der Waals surface area (Å²) in [7, 11) is 1.86. The van der Waals surface area contributed by atoms with Crippen molar-refractivity contribution in [2.45, 2.75) is 6.10 Å². The van der Waals surface area contributed by atoms with Gasteiger partial charge in [0.1, 0.15) is 6.10 Å². The van der Waals surface area contributed by atoms with Crippen molar-refractivity contribution in [2.75, 3.05) is 5.33 Å². The lowest BCUT2D eigenvalue weighted by Gasteiger charge is -2.05. The smallest absolute Gasteiger partial charge is 0.105 e. The molecule has 1 N–H and O–H groups in total. The van der Waals surface area contributed by atoms with E-state index < -0.39 is 6.10 Å². The van der Waals surface area contributed by atoms with Crippen molar-refractivity contribution >= 4 is 15.9 Å². The molecule has 0 aliphatic carbocycles. The molecule has 1 rings (SSSR count). The topological polar surface area (TPSA) is 38.0 Å². The number of alkyl halides is 1. The van der Waals surface area contributed by atoms with Crippen LogP contribution in [0.15, 0.2) is 12.5 Å². The molecule has 0 saturated carbocycles. The highest BCUT2D eigenvalue weighted by atomic mass is 79.9. The first-order valence-electron chi connectivity index (χ1n) is 2.96. The number of halogens is 1. The Kier molecular flexibility index (Phi) is 2.45. The van der Waals surface area contributed by atoms with Gasteiger partial charge in [-0.2, -0.15) is 0 Å². The molecule has 0 saturated heterocycles. The van der Waals surface area contributed by atoms with E-state index in [-0.39, 0.29) is 0 Å². The van der Waals surface area contributed by atoms with Gasteiger partial charge in [0, 0.05) is 12.4 Å². The number of hydrogen-bond donors (Lipinski definition) is 1. The average Bonchev–Trinajstić information content (AvgIpc) is 2.34. The predicted octanol–water partition coefficient (Wildman–Crippen LogP) is 0.848. The van der Waals surface area contributed by atoms with Crippen LogP contribution >= 0.6 is 15.9 Å². The molecule has 1 aromatic rings. The fourth-order valence-electron chi connectivity index (χ4n) is 0.768. The van der Waals surface area contributed by atoms with Gasteiger partial charge in [-0.15, -0.1) is 0 Å². The van der Waals surface area contributed by atoms with Gasteiger partial charge in [0.25, 0.3) is 0 Å². The first-order valence-corrected chi connectivity index (χ1v) is 4.08. The van der Waals surface area contributed by atoms with E-state index in [2.05, 4.69) is 20.9 Å². The number of nitrogens with zero attached hydrogens (tertiary/aromatic N) is 2. The Morgan fingerprint density at radius 1 is 1.90 bits per heavy atom. The Morgan fingerprint density at radius 3 is 3.00 bits per heavy atom. The second-order valence-electron chi connectivity index (χ2n) is 2.10. The van der Waals surface area contributed by atoms with Gasteiger partial charge in [-0.1, -0.05) is 15.9 Å². The molecule has 1 aromatic heterocycles. The van der Waals surface area contributed by atoms with E-state index in [4.69, 9.17) is 0 Å². The molecule has 56 valence electrons. The third-order valence-electron chi connectivity index (χ3n) is 1.34. The summed E-state index contributed by atoms with van der Waals surface area (Å²) in [5.74, 6) is 0. The highest BCUT2D eigenvalue weighted by Gasteiger charge is 2.07. The van der Waals surface area contributed by atoms with E-state index in [0.29, 0.717) is 5.33 Å². The zero-order valence-corrected chi connectivity index (χ0v) is 7.24. The zero-order valence-electron chi connectivity index (χ0n) is 5.66. The molecule has 0 aliphatic rings. The minimum atomic E-state index is -0.451. The molecular formula is C6H9BrN2O. The van der Waals surface area contributed by atoms with Gasteiger partial charge in [-0.05, 0) is 0 Å². The molecule has 1 heterocycles. The summed E-state index contributed by atoms with van der Waals surface area (Å²) in [6, 6.07) is 0. The van der Waals surface area contributed by atoms with E-state index in [1.807, 2.05) is 7.05 Å². The number of aliphatic hydroxyl groups excluding tert-OH is 1. The predicted molar refractivity (Wildman–Crippen MR) is 42.0 cm³/mol. The van der Waals surface area contributed by atoms with Gasteiger partial charge in [0.15, 0.2) is 0 Å². The molecule has 0 amide bonds. The second-order valence-corrected chi connectivity index (χ2v) is 2.75. The van der Waals surface area contributed by atoms with Crippen LogP contribution in [0.25, 0.3) is 0 Å². The van der Waals surface area contributed by atoms with E-state index in [9.17, 15) is 5.11 Å². The van der Waals surface area contributed by atoms with E-state index >= 15 is 0 Å². The standard InChI is InChI=1S/C6H9BrN2O/c1-9-4-8-3-5(9)6(10)2-7/h3-4,6,10H,2H2,1H3. The molecular weight excluding hydrogens is 196 g/mol. The molecule has 1 atom stereocenters. The van der Waals surface area contributed by atoms with Crippen molar-refractivity contribution < 1.29 is 5.11 Å². The van der Waals surface area contributed by atoms with Crippen molar-refractivity contribution in [3.05, 3.63) is 18.2 Å². The molecule has 0 fully saturated rings. The van der Waals surface area contributed by atoms with Gasteiger partial charge >= 0.3 is 0 Å². The maximum absolute atomic E-state index is 9.29. The summed E-state index contributed by atoms with van der Waals surface area (Å²) in [6.45, 7) is 0. The number of aryl methyl sites for hydroxylation is 1. The average molecular weight is 205 g/mol. The van der Waals surface area contributed by atoms with Crippen molar-refractivity contribution in [3.8, 4) is 0 Å². The number of aliphatic hydroxyl groups is 1. The third kappa shape index (κ3) is 1.38.